The lowest BCUT2D eigenvalue weighted by molar-refractivity contribution is -0.274. The molecule has 7 nitrogen and oxygen atoms in total. The summed E-state index contributed by atoms with van der Waals surface area (Å²) in [5.41, 5.74) is 2.97. The number of carbonyl (C=O) groups is 1. The summed E-state index contributed by atoms with van der Waals surface area (Å²) in [6, 6.07) is 10.1. The number of aliphatic hydroxyl groups is 1. The standard InChI is InChI=1S/C22H19F3N4O3/c23-22(24,25)32-18-4-2-16(3-5-18)28-21(31)14-1-6-20(29-8-7-17(30)12-29)19(9-14)15-10-26-13-27-11-15/h1-6,9-11,13,17,30H,7-8,12H2,(H,28,31). The van der Waals surface area contributed by atoms with E-state index in [1.165, 1.54) is 18.5 Å². The molecule has 1 unspecified atom stereocenters. The lowest BCUT2D eigenvalue weighted by atomic mass is 10.0. The minimum absolute atomic E-state index is 0.320. The molecule has 0 saturated carbocycles. The number of hydrogen-bond donors (Lipinski definition) is 2. The highest BCUT2D eigenvalue weighted by Gasteiger charge is 2.31. The van der Waals surface area contributed by atoms with Gasteiger partial charge in [0.1, 0.15) is 12.1 Å². The number of nitrogens with zero attached hydrogens (tertiary/aromatic N) is 3. The molecule has 2 heterocycles. The molecule has 1 atom stereocenters. The highest BCUT2D eigenvalue weighted by Crippen LogP contribution is 2.33. The first kappa shape index (κ1) is 21.6. The number of anilines is 2. The number of hydrogen-bond acceptors (Lipinski definition) is 6. The molecule has 0 spiro atoms. The van der Waals surface area contributed by atoms with Crippen molar-refractivity contribution < 1.29 is 27.8 Å². The van der Waals surface area contributed by atoms with Gasteiger partial charge in [0.25, 0.3) is 5.91 Å². The average Bonchev–Trinajstić information content (AvgIpc) is 3.20. The van der Waals surface area contributed by atoms with E-state index in [1.54, 1.807) is 30.6 Å². The summed E-state index contributed by atoms with van der Waals surface area (Å²) in [6.45, 7) is 1.17. The first-order valence-electron chi connectivity index (χ1n) is 9.78. The van der Waals surface area contributed by atoms with E-state index in [9.17, 15) is 23.1 Å². The van der Waals surface area contributed by atoms with E-state index >= 15 is 0 Å². The maximum absolute atomic E-state index is 12.8. The van der Waals surface area contributed by atoms with Gasteiger partial charge in [-0.15, -0.1) is 13.2 Å². The largest absolute Gasteiger partial charge is 0.573 e. The topological polar surface area (TPSA) is 87.6 Å². The quantitative estimate of drug-likeness (QED) is 0.621. The third-order valence-electron chi connectivity index (χ3n) is 4.98. The Labute approximate surface area is 181 Å². The number of alkyl halides is 3. The van der Waals surface area contributed by atoms with E-state index in [0.717, 1.165) is 23.4 Å². The molecule has 32 heavy (non-hydrogen) atoms. The fraction of sp³-hybridized carbons (Fsp3) is 0.227. The summed E-state index contributed by atoms with van der Waals surface area (Å²) in [5.74, 6) is -0.806. The summed E-state index contributed by atoms with van der Waals surface area (Å²) < 4.78 is 40.7. The van der Waals surface area contributed by atoms with E-state index in [2.05, 4.69) is 20.0 Å². The van der Waals surface area contributed by atoms with Gasteiger partial charge < -0.3 is 20.1 Å². The molecule has 1 aromatic heterocycles. The molecule has 1 amide bonds. The second-order valence-electron chi connectivity index (χ2n) is 7.27. The highest BCUT2D eigenvalue weighted by atomic mass is 19.4. The van der Waals surface area contributed by atoms with Gasteiger partial charge in [0, 0.05) is 53.5 Å². The van der Waals surface area contributed by atoms with Crippen LogP contribution in [0.25, 0.3) is 11.1 Å². The summed E-state index contributed by atoms with van der Waals surface area (Å²) in [4.78, 5) is 22.9. The zero-order valence-corrected chi connectivity index (χ0v) is 16.7. The predicted octanol–water partition coefficient (Wildman–Crippen LogP) is 3.87. The summed E-state index contributed by atoms with van der Waals surface area (Å²) in [6.07, 6.45) is 0.142. The Morgan fingerprint density at radius 1 is 1.12 bits per heavy atom. The number of amides is 1. The monoisotopic (exact) mass is 444 g/mol. The summed E-state index contributed by atoms with van der Waals surface area (Å²) in [5, 5.41) is 12.6. The van der Waals surface area contributed by atoms with E-state index < -0.39 is 18.4 Å². The first-order valence-corrected chi connectivity index (χ1v) is 9.78. The molecule has 0 radical (unpaired) electrons. The fourth-order valence-corrected chi connectivity index (χ4v) is 3.53. The molecule has 1 aliphatic rings. The number of nitrogens with one attached hydrogen (secondary N) is 1. The van der Waals surface area contributed by atoms with Crippen LogP contribution < -0.4 is 15.0 Å². The van der Waals surface area contributed by atoms with Gasteiger partial charge in [-0.25, -0.2) is 9.97 Å². The van der Waals surface area contributed by atoms with Crippen LogP contribution in [0.2, 0.25) is 0 Å². The van der Waals surface area contributed by atoms with Crippen molar-refractivity contribution in [1.29, 1.82) is 0 Å². The van der Waals surface area contributed by atoms with Gasteiger partial charge in [0.15, 0.2) is 0 Å². The number of β-amino-alcohol motifs (C(OH)–C–C–N with tert-alkyl or cyclic N) is 1. The Kier molecular flexibility index (Phi) is 5.95. The van der Waals surface area contributed by atoms with Crippen LogP contribution in [0.4, 0.5) is 24.5 Å². The zero-order chi connectivity index (χ0) is 22.7. The highest BCUT2D eigenvalue weighted by molar-refractivity contribution is 6.05. The lowest BCUT2D eigenvalue weighted by Crippen LogP contribution is -2.22. The van der Waals surface area contributed by atoms with E-state index in [1.807, 2.05) is 4.90 Å². The second kappa shape index (κ2) is 8.83. The second-order valence-corrected chi connectivity index (χ2v) is 7.27. The maximum atomic E-state index is 12.8. The number of ether oxygens (including phenoxy) is 1. The summed E-state index contributed by atoms with van der Waals surface area (Å²) >= 11 is 0. The van der Waals surface area contributed by atoms with Crippen LogP contribution in [-0.4, -0.2) is 46.5 Å². The van der Waals surface area contributed by atoms with Crippen LogP contribution in [0.15, 0.2) is 61.2 Å². The number of aromatic nitrogens is 2. The van der Waals surface area contributed by atoms with E-state index in [-0.39, 0.29) is 5.75 Å². The molecule has 2 aromatic carbocycles. The Morgan fingerprint density at radius 3 is 2.47 bits per heavy atom. The van der Waals surface area contributed by atoms with Crippen LogP contribution in [0, 0.1) is 0 Å². The predicted molar refractivity (Wildman–Crippen MR) is 111 cm³/mol. The van der Waals surface area contributed by atoms with Crippen molar-refractivity contribution in [1.82, 2.24) is 9.97 Å². The summed E-state index contributed by atoms with van der Waals surface area (Å²) in [7, 11) is 0. The number of aliphatic hydroxyl groups excluding tert-OH is 1. The normalized spacial score (nSPS) is 16.1. The number of halogens is 3. The smallest absolute Gasteiger partial charge is 0.406 e. The molecule has 0 aliphatic carbocycles. The van der Waals surface area contributed by atoms with Crippen LogP contribution in [0.1, 0.15) is 16.8 Å². The van der Waals surface area contributed by atoms with Crippen molar-refractivity contribution in [3.05, 3.63) is 66.7 Å². The fourth-order valence-electron chi connectivity index (χ4n) is 3.53. The molecule has 3 aromatic rings. The third kappa shape index (κ3) is 5.14. The molecule has 166 valence electrons. The average molecular weight is 444 g/mol. The number of rotatable bonds is 5. The molecule has 1 fully saturated rings. The van der Waals surface area contributed by atoms with Crippen molar-refractivity contribution in [3.8, 4) is 16.9 Å². The Balaban J connectivity index is 1.57. The van der Waals surface area contributed by atoms with Gasteiger partial charge in [-0.05, 0) is 48.9 Å². The molecule has 0 bridgehead atoms. The van der Waals surface area contributed by atoms with Crippen LogP contribution in [0.5, 0.6) is 5.75 Å². The Hall–Kier alpha value is -3.66. The maximum Gasteiger partial charge on any atom is 0.573 e. The SMILES string of the molecule is O=C(Nc1ccc(OC(F)(F)F)cc1)c1ccc(N2CCC(O)C2)c(-c2cncnc2)c1. The van der Waals surface area contributed by atoms with Crippen molar-refractivity contribution in [2.45, 2.75) is 18.9 Å². The third-order valence-corrected chi connectivity index (χ3v) is 4.98. The van der Waals surface area contributed by atoms with Crippen LogP contribution >= 0.6 is 0 Å². The molecular formula is C22H19F3N4O3. The number of benzene rings is 2. The van der Waals surface area contributed by atoms with Crippen LogP contribution in [-0.2, 0) is 0 Å². The van der Waals surface area contributed by atoms with E-state index in [0.29, 0.717) is 36.3 Å². The van der Waals surface area contributed by atoms with Crippen molar-refractivity contribution in [3.63, 3.8) is 0 Å². The minimum Gasteiger partial charge on any atom is -0.406 e. The number of carbonyl (C=O) groups excluding carboxylic acids is 1. The van der Waals surface area contributed by atoms with Gasteiger partial charge in [-0.2, -0.15) is 0 Å². The lowest BCUT2D eigenvalue weighted by Gasteiger charge is -2.22. The molecule has 2 N–H and O–H groups in total. The zero-order valence-electron chi connectivity index (χ0n) is 16.7. The first-order chi connectivity index (χ1) is 15.3. The molecule has 10 heteroatoms. The van der Waals surface area contributed by atoms with E-state index in [4.69, 9.17) is 0 Å². The van der Waals surface area contributed by atoms with Gasteiger partial charge in [0.05, 0.1) is 6.10 Å². The Bertz CT molecular complexity index is 1090. The van der Waals surface area contributed by atoms with Gasteiger partial charge >= 0.3 is 6.36 Å². The molecular weight excluding hydrogens is 425 g/mol. The van der Waals surface area contributed by atoms with Crippen LogP contribution in [0.3, 0.4) is 0 Å². The minimum atomic E-state index is -4.78. The van der Waals surface area contributed by atoms with Crippen molar-refractivity contribution in [2.75, 3.05) is 23.3 Å². The molecule has 1 aliphatic heterocycles. The van der Waals surface area contributed by atoms with Gasteiger partial charge in [-0.3, -0.25) is 4.79 Å². The van der Waals surface area contributed by atoms with Gasteiger partial charge in [-0.1, -0.05) is 0 Å². The van der Waals surface area contributed by atoms with Crippen molar-refractivity contribution >= 4 is 17.3 Å². The van der Waals surface area contributed by atoms with Gasteiger partial charge in [0.2, 0.25) is 0 Å². The molecule has 1 saturated heterocycles. The molecule has 4 rings (SSSR count). The van der Waals surface area contributed by atoms with Crippen molar-refractivity contribution in [2.24, 2.45) is 0 Å². The Morgan fingerprint density at radius 2 is 1.84 bits per heavy atom.